The number of hydrogen-bond acceptors (Lipinski definition) is 8. The molecule has 1 aromatic carbocycles. The van der Waals surface area contributed by atoms with Crippen molar-refractivity contribution in [2.24, 2.45) is 11.8 Å². The van der Waals surface area contributed by atoms with Crippen LogP contribution in [0.4, 0.5) is 4.39 Å². The van der Waals surface area contributed by atoms with Gasteiger partial charge in [-0.3, -0.25) is 18.7 Å². The number of amides is 2. The van der Waals surface area contributed by atoms with Gasteiger partial charge in [0.1, 0.15) is 12.4 Å². The van der Waals surface area contributed by atoms with E-state index in [1.54, 1.807) is 21.1 Å². The van der Waals surface area contributed by atoms with Gasteiger partial charge in [0.25, 0.3) is 5.91 Å². The van der Waals surface area contributed by atoms with E-state index in [0.29, 0.717) is 46.8 Å². The van der Waals surface area contributed by atoms with Gasteiger partial charge in [0, 0.05) is 36.5 Å². The Hall–Kier alpha value is -3.03. The minimum atomic E-state index is -0.781. The summed E-state index contributed by atoms with van der Waals surface area (Å²) in [6.07, 6.45) is 4.62. The van der Waals surface area contributed by atoms with Crippen LogP contribution >= 0.6 is 23.7 Å². The van der Waals surface area contributed by atoms with Crippen molar-refractivity contribution in [1.29, 1.82) is 0 Å². The molecule has 4 rings (SSSR count). The van der Waals surface area contributed by atoms with Crippen molar-refractivity contribution in [2.75, 3.05) is 33.4 Å². The van der Waals surface area contributed by atoms with Crippen LogP contribution in [0, 0.1) is 17.7 Å². The molecule has 1 aliphatic rings. The van der Waals surface area contributed by atoms with Crippen molar-refractivity contribution in [3.63, 3.8) is 0 Å². The van der Waals surface area contributed by atoms with Crippen LogP contribution < -0.4 is 10.9 Å². The maximum absolute atomic E-state index is 13.8. The molecule has 1 aliphatic heterocycles. The monoisotopic (exact) mass is 590 g/mol. The Morgan fingerprint density at radius 1 is 1.23 bits per heavy atom. The molecule has 2 N–H and O–H groups in total. The molecule has 1 saturated heterocycles. The lowest BCUT2D eigenvalue weighted by molar-refractivity contribution is -0.134. The molecule has 2 amide bonds. The molecule has 2 atom stereocenters. The van der Waals surface area contributed by atoms with Crippen LogP contribution in [0.2, 0.25) is 0 Å². The van der Waals surface area contributed by atoms with E-state index in [0.717, 1.165) is 6.42 Å². The van der Waals surface area contributed by atoms with Gasteiger partial charge in [0.15, 0.2) is 5.69 Å². The number of thioether (sulfide) groups is 1. The average Bonchev–Trinajstić information content (AvgIpc) is 3.21. The van der Waals surface area contributed by atoms with Crippen molar-refractivity contribution in [3.05, 3.63) is 57.5 Å². The number of hydrogen-bond donors (Lipinski definition) is 2. The van der Waals surface area contributed by atoms with Gasteiger partial charge in [0.2, 0.25) is 17.4 Å². The minimum absolute atomic E-state index is 0.0261. The van der Waals surface area contributed by atoms with Crippen LogP contribution in [-0.2, 0) is 23.6 Å². The summed E-state index contributed by atoms with van der Waals surface area (Å²) in [7, 11) is 3.64. The molecule has 3 aromatic rings. The van der Waals surface area contributed by atoms with Gasteiger partial charge in [0.05, 0.1) is 5.69 Å². The maximum Gasteiger partial charge on any atom is 0.302 e. The lowest BCUT2D eigenvalue weighted by atomic mass is 9.92. The molecular formula is C27H35FN6O4S2. The van der Waals surface area contributed by atoms with E-state index in [1.807, 2.05) is 25.3 Å². The third-order valence-corrected chi connectivity index (χ3v) is 8.20. The average molecular weight is 591 g/mol. The third-order valence-electron chi connectivity index (χ3n) is 6.67. The van der Waals surface area contributed by atoms with E-state index >= 15 is 0 Å². The third kappa shape index (κ3) is 6.64. The van der Waals surface area contributed by atoms with Crippen LogP contribution in [0.15, 0.2) is 34.1 Å². The van der Waals surface area contributed by atoms with Gasteiger partial charge in [-0.15, -0.1) is 0 Å². The molecule has 0 spiro atoms. The highest BCUT2D eigenvalue weighted by Crippen LogP contribution is 2.26. The second-order valence-electron chi connectivity index (χ2n) is 10.5. The standard InChI is InChI=1S/C27H35FN6O4S2/c1-16-8-17(2)12-32(11-16)22(35)14-33-13-20(15-39-5)34-26(38)24(36)23(30-27(33)34)25(37)29-10-18-6-7-19(28)9-21(18)40-31(3)4/h6-7,9,13,16-17,36H,8,10-12,14-15H2,1-5H3,(H,29,37). The van der Waals surface area contributed by atoms with Gasteiger partial charge in [-0.05, 0) is 68.3 Å². The highest BCUT2D eigenvalue weighted by atomic mass is 32.2. The van der Waals surface area contributed by atoms with E-state index in [-0.39, 0.29) is 24.8 Å². The number of nitrogens with zero attached hydrogens (tertiary/aromatic N) is 5. The Bertz CT molecular complexity index is 1460. The number of likely N-dealkylation sites (tertiary alicyclic amines) is 1. The van der Waals surface area contributed by atoms with Crippen LogP contribution in [0.5, 0.6) is 5.75 Å². The van der Waals surface area contributed by atoms with Crippen LogP contribution in [0.1, 0.15) is 42.0 Å². The smallest absolute Gasteiger partial charge is 0.302 e. The predicted molar refractivity (Wildman–Crippen MR) is 155 cm³/mol. The highest BCUT2D eigenvalue weighted by molar-refractivity contribution is 7.97. The Balaban J connectivity index is 1.65. The van der Waals surface area contributed by atoms with Crippen molar-refractivity contribution < 1.29 is 19.1 Å². The summed E-state index contributed by atoms with van der Waals surface area (Å²) < 4.78 is 18.4. The zero-order valence-corrected chi connectivity index (χ0v) is 24.9. The van der Waals surface area contributed by atoms with E-state index < -0.39 is 28.7 Å². The molecule has 216 valence electrons. The second-order valence-corrected chi connectivity index (χ2v) is 12.7. The minimum Gasteiger partial charge on any atom is -0.501 e. The maximum atomic E-state index is 13.8. The number of halogens is 1. The van der Waals surface area contributed by atoms with Crippen LogP contribution in [0.25, 0.3) is 5.78 Å². The first kappa shape index (κ1) is 29.9. The lowest BCUT2D eigenvalue weighted by Crippen LogP contribution is -2.44. The molecule has 2 unspecified atom stereocenters. The molecule has 0 radical (unpaired) electrons. The van der Waals surface area contributed by atoms with Crippen molar-refractivity contribution in [2.45, 2.75) is 44.0 Å². The topological polar surface area (TPSA) is 112 Å². The zero-order chi connectivity index (χ0) is 29.1. The first-order valence-corrected chi connectivity index (χ1v) is 15.2. The highest BCUT2D eigenvalue weighted by Gasteiger charge is 2.27. The largest absolute Gasteiger partial charge is 0.501 e. The van der Waals surface area contributed by atoms with Gasteiger partial charge in [-0.1, -0.05) is 19.9 Å². The summed E-state index contributed by atoms with van der Waals surface area (Å²) in [5.41, 5.74) is 0.00644. The number of rotatable bonds is 9. The van der Waals surface area contributed by atoms with E-state index in [1.165, 1.54) is 40.2 Å². The molecule has 10 nitrogen and oxygen atoms in total. The number of aromatic hydroxyl groups is 1. The fourth-order valence-electron chi connectivity index (χ4n) is 5.10. The second kappa shape index (κ2) is 12.6. The molecular weight excluding hydrogens is 555 g/mol. The normalized spacial score (nSPS) is 17.5. The number of fused-ring (bicyclic) bond motifs is 1. The van der Waals surface area contributed by atoms with Gasteiger partial charge >= 0.3 is 5.56 Å². The summed E-state index contributed by atoms with van der Waals surface area (Å²) in [4.78, 5) is 46.5. The van der Waals surface area contributed by atoms with Crippen molar-refractivity contribution in [3.8, 4) is 5.75 Å². The summed E-state index contributed by atoms with van der Waals surface area (Å²) in [5.74, 6) is -0.690. The molecule has 0 aliphatic carbocycles. The van der Waals surface area contributed by atoms with Gasteiger partial charge in [-0.2, -0.15) is 11.8 Å². The molecule has 0 bridgehead atoms. The first-order chi connectivity index (χ1) is 19.0. The Kier molecular flexibility index (Phi) is 9.47. The fraction of sp³-hybridized carbons (Fsp3) is 0.481. The number of carbonyl (C=O) groups is 2. The zero-order valence-electron chi connectivity index (χ0n) is 23.3. The van der Waals surface area contributed by atoms with E-state index in [9.17, 15) is 23.9 Å². The quantitative estimate of drug-likeness (QED) is 0.366. The molecule has 3 heterocycles. The summed E-state index contributed by atoms with van der Waals surface area (Å²) >= 11 is 2.78. The Morgan fingerprint density at radius 2 is 1.93 bits per heavy atom. The Labute approximate surface area is 241 Å². The van der Waals surface area contributed by atoms with E-state index in [4.69, 9.17) is 0 Å². The summed E-state index contributed by atoms with van der Waals surface area (Å²) in [6.45, 7) is 5.56. The van der Waals surface area contributed by atoms with Crippen molar-refractivity contribution in [1.82, 2.24) is 28.5 Å². The lowest BCUT2D eigenvalue weighted by Gasteiger charge is -2.35. The summed E-state index contributed by atoms with van der Waals surface area (Å²) in [5, 5.41) is 13.4. The number of imidazole rings is 1. The molecule has 13 heteroatoms. The SMILES string of the molecule is CSCc1cn(CC(=O)N2CC(C)CC(C)C2)c2nc(C(=O)NCc3ccc(F)cc3SN(C)C)c(O)c(=O)n12. The Morgan fingerprint density at radius 3 is 2.58 bits per heavy atom. The van der Waals surface area contributed by atoms with E-state index in [2.05, 4.69) is 24.1 Å². The van der Waals surface area contributed by atoms with Crippen LogP contribution in [0.3, 0.4) is 0 Å². The number of nitrogens with one attached hydrogen (secondary N) is 1. The van der Waals surface area contributed by atoms with Crippen molar-refractivity contribution >= 4 is 41.3 Å². The number of carbonyl (C=O) groups excluding carboxylic acids is 2. The first-order valence-electron chi connectivity index (χ1n) is 13.0. The van der Waals surface area contributed by atoms with Gasteiger partial charge < -0.3 is 19.9 Å². The van der Waals surface area contributed by atoms with Gasteiger partial charge in [-0.25, -0.2) is 13.8 Å². The molecule has 2 aromatic heterocycles. The summed E-state index contributed by atoms with van der Waals surface area (Å²) in [6, 6.07) is 4.25. The number of aromatic nitrogens is 3. The molecule has 40 heavy (non-hydrogen) atoms. The molecule has 1 fully saturated rings. The van der Waals surface area contributed by atoms with Crippen LogP contribution in [-0.4, -0.2) is 73.5 Å². The fourth-order valence-corrected chi connectivity index (χ4v) is 6.42. The predicted octanol–water partition coefficient (Wildman–Crippen LogP) is 3.21. The number of benzene rings is 1. The molecule has 0 saturated carbocycles. The number of piperidine rings is 1.